The summed E-state index contributed by atoms with van der Waals surface area (Å²) in [5, 5.41) is 12.4. The third-order valence-corrected chi connectivity index (χ3v) is 4.18. The fourth-order valence-corrected chi connectivity index (χ4v) is 2.98. The molecule has 6 heteroatoms. The number of aliphatic hydroxyl groups is 1. The summed E-state index contributed by atoms with van der Waals surface area (Å²) in [5.74, 6) is 0.578. The molecule has 0 unspecified atom stereocenters. The maximum absolute atomic E-state index is 12.1. The molecule has 108 valence electrons. The quantitative estimate of drug-likeness (QED) is 0.711. The second kappa shape index (κ2) is 6.58. The number of benzene rings is 1. The van der Waals surface area contributed by atoms with Crippen LogP contribution in [0.25, 0.3) is 10.1 Å². The molecule has 2 rings (SSSR count). The summed E-state index contributed by atoms with van der Waals surface area (Å²) in [7, 11) is 1.60. The largest absolute Gasteiger partial charge is 0.497 e. The van der Waals surface area contributed by atoms with Crippen molar-refractivity contribution in [2.75, 3.05) is 26.0 Å². The Morgan fingerprint density at radius 1 is 1.45 bits per heavy atom. The summed E-state index contributed by atoms with van der Waals surface area (Å²) in [6.45, 7) is 0.678. The molecule has 0 saturated carbocycles. The van der Waals surface area contributed by atoms with Gasteiger partial charge in [0.25, 0.3) is 5.91 Å². The predicted octanol–water partition coefficient (Wildman–Crippen LogP) is 1.99. The first-order valence-electron chi connectivity index (χ1n) is 6.42. The zero-order valence-corrected chi connectivity index (χ0v) is 12.1. The van der Waals surface area contributed by atoms with Crippen LogP contribution in [-0.2, 0) is 0 Å². The molecule has 0 saturated heterocycles. The number of carbonyl (C=O) groups excluding carboxylic acids is 1. The van der Waals surface area contributed by atoms with Gasteiger partial charge >= 0.3 is 0 Å². The van der Waals surface area contributed by atoms with Gasteiger partial charge < -0.3 is 20.9 Å². The van der Waals surface area contributed by atoms with Gasteiger partial charge in [-0.3, -0.25) is 4.79 Å². The lowest BCUT2D eigenvalue weighted by molar-refractivity contribution is 0.0957. The van der Waals surface area contributed by atoms with Crippen LogP contribution in [0.1, 0.15) is 22.5 Å². The van der Waals surface area contributed by atoms with Crippen molar-refractivity contribution in [3.63, 3.8) is 0 Å². The van der Waals surface area contributed by atoms with Gasteiger partial charge in [-0.05, 0) is 31.0 Å². The number of ether oxygens (including phenoxy) is 1. The van der Waals surface area contributed by atoms with Crippen molar-refractivity contribution in [3.05, 3.63) is 23.1 Å². The van der Waals surface area contributed by atoms with Crippen LogP contribution in [-0.4, -0.2) is 31.3 Å². The van der Waals surface area contributed by atoms with E-state index in [0.29, 0.717) is 23.5 Å². The Balaban J connectivity index is 2.17. The first kappa shape index (κ1) is 14.6. The fourth-order valence-electron chi connectivity index (χ4n) is 1.91. The Kier molecular flexibility index (Phi) is 4.81. The van der Waals surface area contributed by atoms with Crippen LogP contribution in [0.15, 0.2) is 18.2 Å². The van der Waals surface area contributed by atoms with Crippen molar-refractivity contribution >= 4 is 33.0 Å². The molecule has 0 spiro atoms. The van der Waals surface area contributed by atoms with E-state index in [1.54, 1.807) is 7.11 Å². The van der Waals surface area contributed by atoms with Crippen LogP contribution in [0, 0.1) is 0 Å². The highest BCUT2D eigenvalue weighted by Gasteiger charge is 2.16. The molecule has 0 fully saturated rings. The minimum atomic E-state index is -0.166. The van der Waals surface area contributed by atoms with Crippen molar-refractivity contribution in [1.29, 1.82) is 0 Å². The Bertz CT molecular complexity index is 610. The van der Waals surface area contributed by atoms with Crippen molar-refractivity contribution in [1.82, 2.24) is 5.32 Å². The van der Waals surface area contributed by atoms with E-state index in [2.05, 4.69) is 5.32 Å². The van der Waals surface area contributed by atoms with E-state index in [9.17, 15) is 4.79 Å². The molecule has 5 nitrogen and oxygen atoms in total. The van der Waals surface area contributed by atoms with Gasteiger partial charge in [0.15, 0.2) is 0 Å². The Hall–Kier alpha value is -1.79. The van der Waals surface area contributed by atoms with Gasteiger partial charge in [0.1, 0.15) is 10.6 Å². The molecule has 0 aliphatic rings. The van der Waals surface area contributed by atoms with Gasteiger partial charge in [-0.25, -0.2) is 0 Å². The summed E-state index contributed by atoms with van der Waals surface area (Å²) in [6.07, 6.45) is 1.43. The Morgan fingerprint density at radius 3 is 2.95 bits per heavy atom. The van der Waals surface area contributed by atoms with Gasteiger partial charge in [0, 0.05) is 23.2 Å². The number of aliphatic hydroxyl groups excluding tert-OH is 1. The number of nitrogens with two attached hydrogens (primary N) is 1. The molecule has 0 atom stereocenters. The minimum Gasteiger partial charge on any atom is -0.497 e. The number of carbonyl (C=O) groups is 1. The first-order valence-corrected chi connectivity index (χ1v) is 7.24. The predicted molar refractivity (Wildman–Crippen MR) is 81.4 cm³/mol. The molecule has 2 aromatic rings. The third kappa shape index (κ3) is 3.02. The van der Waals surface area contributed by atoms with Crippen LogP contribution in [0.5, 0.6) is 5.75 Å². The molecule has 1 aromatic heterocycles. The van der Waals surface area contributed by atoms with Gasteiger partial charge in [0.2, 0.25) is 0 Å². The zero-order valence-electron chi connectivity index (χ0n) is 11.3. The second-order valence-electron chi connectivity index (χ2n) is 4.39. The normalized spacial score (nSPS) is 10.7. The summed E-state index contributed by atoms with van der Waals surface area (Å²) in [4.78, 5) is 12.6. The number of amides is 1. The fraction of sp³-hybridized carbons (Fsp3) is 0.357. The molecular weight excluding hydrogens is 276 g/mol. The number of nitrogen functional groups attached to an aromatic ring is 1. The molecule has 0 bridgehead atoms. The van der Waals surface area contributed by atoms with Gasteiger partial charge in [0.05, 0.1) is 12.8 Å². The lowest BCUT2D eigenvalue weighted by Crippen LogP contribution is -2.24. The molecule has 0 aliphatic carbocycles. The van der Waals surface area contributed by atoms with E-state index in [1.807, 2.05) is 18.2 Å². The number of nitrogens with one attached hydrogen (secondary N) is 1. The molecule has 4 N–H and O–H groups in total. The summed E-state index contributed by atoms with van der Waals surface area (Å²) >= 11 is 1.36. The average Bonchev–Trinajstić information content (AvgIpc) is 2.80. The first-order chi connectivity index (χ1) is 9.67. The lowest BCUT2D eigenvalue weighted by atomic mass is 10.2. The number of thiophene rings is 1. The number of fused-ring (bicyclic) bond motifs is 1. The van der Waals surface area contributed by atoms with Gasteiger partial charge in [-0.2, -0.15) is 0 Å². The van der Waals surface area contributed by atoms with Gasteiger partial charge in [-0.1, -0.05) is 0 Å². The van der Waals surface area contributed by atoms with E-state index in [0.717, 1.165) is 22.3 Å². The molecule has 0 aliphatic heterocycles. The summed E-state index contributed by atoms with van der Waals surface area (Å²) < 4.78 is 6.10. The number of rotatable bonds is 6. The van der Waals surface area contributed by atoms with E-state index in [4.69, 9.17) is 15.6 Å². The summed E-state index contributed by atoms with van der Waals surface area (Å²) in [6, 6.07) is 5.57. The van der Waals surface area contributed by atoms with Crippen LogP contribution < -0.4 is 15.8 Å². The number of hydrogen-bond acceptors (Lipinski definition) is 5. The maximum Gasteiger partial charge on any atom is 0.263 e. The molecule has 1 aromatic carbocycles. The highest BCUT2D eigenvalue weighted by atomic mass is 32.1. The Morgan fingerprint density at radius 2 is 2.25 bits per heavy atom. The van der Waals surface area contributed by atoms with Crippen molar-refractivity contribution < 1.29 is 14.6 Å². The molecule has 0 radical (unpaired) electrons. The zero-order chi connectivity index (χ0) is 14.5. The second-order valence-corrected chi connectivity index (χ2v) is 5.45. The molecule has 20 heavy (non-hydrogen) atoms. The topological polar surface area (TPSA) is 84.6 Å². The van der Waals surface area contributed by atoms with Crippen molar-refractivity contribution in [2.24, 2.45) is 0 Å². The average molecular weight is 294 g/mol. The molecule has 1 amide bonds. The van der Waals surface area contributed by atoms with Crippen molar-refractivity contribution in [3.8, 4) is 5.75 Å². The smallest absolute Gasteiger partial charge is 0.263 e. The monoisotopic (exact) mass is 294 g/mol. The third-order valence-electron chi connectivity index (χ3n) is 3.01. The van der Waals surface area contributed by atoms with Crippen LogP contribution in [0.3, 0.4) is 0 Å². The van der Waals surface area contributed by atoms with E-state index < -0.39 is 0 Å². The number of anilines is 1. The van der Waals surface area contributed by atoms with Gasteiger partial charge in [-0.15, -0.1) is 11.3 Å². The number of unbranched alkanes of at least 4 members (excludes halogenated alkanes) is 1. The minimum absolute atomic E-state index is 0.140. The highest BCUT2D eigenvalue weighted by Crippen LogP contribution is 2.35. The van der Waals surface area contributed by atoms with Crippen LogP contribution in [0.4, 0.5) is 5.69 Å². The molecular formula is C14H18N2O3S. The van der Waals surface area contributed by atoms with Crippen molar-refractivity contribution in [2.45, 2.75) is 12.8 Å². The lowest BCUT2D eigenvalue weighted by Gasteiger charge is -2.03. The van der Waals surface area contributed by atoms with E-state index in [-0.39, 0.29) is 12.5 Å². The van der Waals surface area contributed by atoms with Crippen LogP contribution >= 0.6 is 11.3 Å². The Labute approximate surface area is 121 Å². The van der Waals surface area contributed by atoms with E-state index >= 15 is 0 Å². The SMILES string of the molecule is COc1ccc2c(N)c(C(=O)NCCCCO)sc2c1. The number of hydrogen-bond donors (Lipinski definition) is 3. The molecule has 1 heterocycles. The van der Waals surface area contributed by atoms with Crippen LogP contribution in [0.2, 0.25) is 0 Å². The summed E-state index contributed by atoms with van der Waals surface area (Å²) in [5.41, 5.74) is 6.54. The maximum atomic E-state index is 12.1. The number of methoxy groups -OCH3 is 1. The standard InChI is InChI=1S/C14H18N2O3S/c1-19-9-4-5-10-11(8-9)20-13(12(10)15)14(18)16-6-2-3-7-17/h4-5,8,17H,2-3,6-7,15H2,1H3,(H,16,18). The van der Waals surface area contributed by atoms with E-state index in [1.165, 1.54) is 11.3 Å². The highest BCUT2D eigenvalue weighted by molar-refractivity contribution is 7.21.